The van der Waals surface area contributed by atoms with Gasteiger partial charge in [-0.15, -0.1) is 0 Å². The van der Waals surface area contributed by atoms with Gasteiger partial charge in [0.2, 0.25) is 0 Å². The van der Waals surface area contributed by atoms with E-state index in [1.807, 2.05) is 56.3 Å². The maximum Gasteiger partial charge on any atom is 0.288 e. The molecule has 29 heavy (non-hydrogen) atoms. The molecule has 0 unspecified atom stereocenters. The minimum Gasteiger partial charge on any atom is -0.502 e. The predicted octanol–water partition coefficient (Wildman–Crippen LogP) is 5.17. The van der Waals surface area contributed by atoms with Gasteiger partial charge in [0.1, 0.15) is 0 Å². The zero-order valence-corrected chi connectivity index (χ0v) is 18.6. The quantitative estimate of drug-likeness (QED) is 0.209. The van der Waals surface area contributed by atoms with Gasteiger partial charge in [0, 0.05) is 27.4 Å². The molecule has 0 aliphatic heterocycles. The molecule has 6 heteroatoms. The van der Waals surface area contributed by atoms with Crippen LogP contribution in [0.15, 0.2) is 71.5 Å². The normalized spacial score (nSPS) is 11.7. The number of rotatable bonds is 5. The molecule has 0 amide bonds. The monoisotopic (exact) mass is 469 g/mol. The van der Waals surface area contributed by atoms with E-state index in [1.54, 1.807) is 23.0 Å². The fraction of sp³-hybridized carbons (Fsp3) is 0.130. The summed E-state index contributed by atoms with van der Waals surface area (Å²) in [5.41, 5.74) is 4.83. The first-order chi connectivity index (χ1) is 13.9. The molecule has 0 saturated heterocycles. The number of aryl methyl sites for hydroxylation is 2. The van der Waals surface area contributed by atoms with E-state index in [2.05, 4.69) is 27.3 Å². The van der Waals surface area contributed by atoms with E-state index in [0.717, 1.165) is 21.3 Å². The average molecular weight is 470 g/mol. The van der Waals surface area contributed by atoms with E-state index in [0.29, 0.717) is 21.8 Å². The van der Waals surface area contributed by atoms with Gasteiger partial charge in [-0.1, -0.05) is 46.3 Å². The van der Waals surface area contributed by atoms with Crippen LogP contribution in [-0.2, 0) is 6.61 Å². The maximum atomic E-state index is 11.2. The molecule has 0 spiro atoms. The number of aliphatic hydroxyl groups excluding tert-OH is 2. The van der Waals surface area contributed by atoms with Crippen molar-refractivity contribution in [2.75, 3.05) is 5.32 Å². The van der Waals surface area contributed by atoms with Gasteiger partial charge in [0.05, 0.1) is 6.61 Å². The molecule has 1 aromatic heterocycles. The van der Waals surface area contributed by atoms with Gasteiger partial charge < -0.3 is 15.5 Å². The Bertz CT molecular complexity index is 1080. The van der Waals surface area contributed by atoms with Gasteiger partial charge in [-0.05, 0) is 55.3 Å². The molecule has 0 atom stereocenters. The Morgan fingerprint density at radius 2 is 1.76 bits per heavy atom. The van der Waals surface area contributed by atoms with Crippen molar-refractivity contribution in [1.29, 1.82) is 0 Å². The minimum atomic E-state index is -0.110. The Morgan fingerprint density at radius 3 is 2.41 bits per heavy atom. The number of nitrogens with zero attached hydrogens (tertiary/aromatic N) is 1. The first-order valence-corrected chi connectivity index (χ1v) is 10.3. The van der Waals surface area contributed by atoms with E-state index in [1.165, 1.54) is 0 Å². The summed E-state index contributed by atoms with van der Waals surface area (Å²) in [7, 11) is 0. The lowest BCUT2D eigenvalue weighted by atomic mass is 10.1. The second-order valence-corrected chi connectivity index (χ2v) is 8.05. The molecule has 0 aliphatic carbocycles. The van der Waals surface area contributed by atoms with Crippen molar-refractivity contribution < 1.29 is 14.8 Å². The van der Waals surface area contributed by atoms with Crippen LogP contribution in [-0.4, -0.2) is 15.2 Å². The molecule has 0 fully saturated rings. The van der Waals surface area contributed by atoms with Crippen LogP contribution in [0.4, 0.5) is 5.69 Å². The van der Waals surface area contributed by atoms with Crippen LogP contribution in [0.2, 0.25) is 0 Å². The highest BCUT2D eigenvalue weighted by atomic mass is 79.9. The van der Waals surface area contributed by atoms with Crippen molar-refractivity contribution in [3.8, 4) is 0 Å². The number of aromatic nitrogens is 1. The number of hydrogen-bond donors (Lipinski definition) is 3. The number of anilines is 1. The second kappa shape index (κ2) is 9.31. The summed E-state index contributed by atoms with van der Waals surface area (Å²) in [5.74, 6) is 0.0273. The van der Waals surface area contributed by atoms with E-state index in [-0.39, 0.29) is 12.4 Å². The van der Waals surface area contributed by atoms with Crippen LogP contribution in [0.3, 0.4) is 0 Å². The third-order valence-electron chi connectivity index (χ3n) is 4.35. The van der Waals surface area contributed by atoms with Crippen LogP contribution in [0, 0.1) is 13.8 Å². The number of benzene rings is 2. The van der Waals surface area contributed by atoms with Gasteiger partial charge in [-0.2, -0.15) is 4.57 Å². The number of hydrogen-bond acceptors (Lipinski definition) is 3. The third-order valence-corrected chi connectivity index (χ3v) is 5.34. The smallest absolute Gasteiger partial charge is 0.288 e. The Kier molecular flexibility index (Phi) is 6.79. The summed E-state index contributed by atoms with van der Waals surface area (Å²) in [4.78, 5) is 0.364. The van der Waals surface area contributed by atoms with Crippen molar-refractivity contribution in [3.05, 3.63) is 93.7 Å². The SMILES string of the molecule is Cc1cc(C)cc(NC(=S)/C(=C(\O)c2ccccc2Br)[n+]2cccc(CO)c2)c1. The molecule has 0 radical (unpaired) electrons. The molecular weight excluding hydrogens is 448 g/mol. The summed E-state index contributed by atoms with van der Waals surface area (Å²) in [6.45, 7) is 3.94. The molecule has 3 rings (SSSR count). The van der Waals surface area contributed by atoms with Crippen molar-refractivity contribution in [3.63, 3.8) is 0 Å². The summed E-state index contributed by atoms with van der Waals surface area (Å²) < 4.78 is 2.47. The van der Waals surface area contributed by atoms with Crippen LogP contribution in [0.25, 0.3) is 11.5 Å². The standard InChI is InChI=1S/C23H21BrN2O2S/c1-15-10-16(2)12-18(11-15)25-23(29)21(26-9-5-6-17(13-26)14-27)22(28)19-7-3-4-8-20(19)24/h3-13,27H,14H2,1-2H3,(H-,25,28,29)/p+1. The molecule has 4 nitrogen and oxygen atoms in total. The van der Waals surface area contributed by atoms with Gasteiger partial charge in [0.15, 0.2) is 23.1 Å². The average Bonchev–Trinajstić information content (AvgIpc) is 2.67. The molecule has 1 heterocycles. The Labute approximate surface area is 184 Å². The summed E-state index contributed by atoms with van der Waals surface area (Å²) >= 11 is 9.19. The number of pyridine rings is 1. The van der Waals surface area contributed by atoms with E-state index in [4.69, 9.17) is 12.2 Å². The van der Waals surface area contributed by atoms with Crippen molar-refractivity contribution in [2.24, 2.45) is 0 Å². The topological polar surface area (TPSA) is 56.4 Å². The van der Waals surface area contributed by atoms with Crippen LogP contribution in [0.5, 0.6) is 0 Å². The third kappa shape index (κ3) is 5.09. The van der Waals surface area contributed by atoms with Gasteiger partial charge in [0.25, 0.3) is 5.70 Å². The number of halogens is 1. The minimum absolute atomic E-state index is 0.0273. The lowest BCUT2D eigenvalue weighted by molar-refractivity contribution is -0.576. The van der Waals surface area contributed by atoms with Crippen LogP contribution < -0.4 is 9.88 Å². The Hall–Kier alpha value is -2.54. The van der Waals surface area contributed by atoms with E-state index in [9.17, 15) is 10.2 Å². The summed E-state index contributed by atoms with van der Waals surface area (Å²) in [6, 6.07) is 17.1. The Balaban J connectivity index is 2.13. The largest absolute Gasteiger partial charge is 0.502 e. The van der Waals surface area contributed by atoms with Crippen molar-refractivity contribution in [1.82, 2.24) is 0 Å². The molecular formula is C23H22BrN2O2S+. The molecule has 0 bridgehead atoms. The van der Waals surface area contributed by atoms with E-state index < -0.39 is 0 Å². The summed E-state index contributed by atoms with van der Waals surface area (Å²) in [6.07, 6.45) is 3.54. The van der Waals surface area contributed by atoms with Gasteiger partial charge >= 0.3 is 0 Å². The zero-order chi connectivity index (χ0) is 21.0. The molecule has 0 saturated carbocycles. The molecule has 3 aromatic rings. The van der Waals surface area contributed by atoms with Gasteiger partial charge in [-0.3, -0.25) is 0 Å². The number of aliphatic hydroxyl groups is 2. The van der Waals surface area contributed by atoms with Gasteiger partial charge in [-0.25, -0.2) is 0 Å². The van der Waals surface area contributed by atoms with Crippen molar-refractivity contribution >= 4 is 50.3 Å². The highest BCUT2D eigenvalue weighted by Crippen LogP contribution is 2.26. The van der Waals surface area contributed by atoms with Crippen molar-refractivity contribution in [2.45, 2.75) is 20.5 Å². The fourth-order valence-corrected chi connectivity index (χ4v) is 3.91. The summed E-state index contributed by atoms with van der Waals surface area (Å²) in [5, 5.41) is 23.9. The lowest BCUT2D eigenvalue weighted by Crippen LogP contribution is -2.39. The highest BCUT2D eigenvalue weighted by molar-refractivity contribution is 9.10. The molecule has 148 valence electrons. The molecule has 3 N–H and O–H groups in total. The molecule has 2 aromatic carbocycles. The Morgan fingerprint density at radius 1 is 1.07 bits per heavy atom. The van der Waals surface area contributed by atoms with E-state index >= 15 is 0 Å². The first-order valence-electron chi connectivity index (χ1n) is 9.08. The zero-order valence-electron chi connectivity index (χ0n) is 16.2. The second-order valence-electron chi connectivity index (χ2n) is 6.79. The molecule has 0 aliphatic rings. The maximum absolute atomic E-state index is 11.2. The van der Waals surface area contributed by atoms with Crippen LogP contribution in [0.1, 0.15) is 22.3 Å². The number of nitrogens with one attached hydrogen (secondary N) is 1. The lowest BCUT2D eigenvalue weighted by Gasteiger charge is -2.12. The number of thiocarbonyl (C=S) groups is 1. The highest BCUT2D eigenvalue weighted by Gasteiger charge is 2.25. The fourth-order valence-electron chi connectivity index (χ4n) is 3.12. The predicted molar refractivity (Wildman–Crippen MR) is 125 cm³/mol. The first kappa shape index (κ1) is 21.2. The van der Waals surface area contributed by atoms with Crippen LogP contribution >= 0.6 is 28.1 Å².